The van der Waals surface area contributed by atoms with E-state index >= 15 is 0 Å². The molecule has 0 radical (unpaired) electrons. The first-order valence-corrected chi connectivity index (χ1v) is 6.87. The van der Waals surface area contributed by atoms with Crippen LogP contribution in [0, 0.1) is 6.92 Å². The summed E-state index contributed by atoms with van der Waals surface area (Å²) in [7, 11) is 0. The Morgan fingerprint density at radius 2 is 2.13 bits per heavy atom. The van der Waals surface area contributed by atoms with Gasteiger partial charge in [-0.15, -0.1) is 5.10 Å². The average molecular weight is 332 g/mol. The Hall–Kier alpha value is -2.93. The Bertz CT molecular complexity index is 965. The molecule has 8 heteroatoms. The molecule has 1 aromatic carbocycles. The highest BCUT2D eigenvalue weighted by atomic mass is 35.5. The van der Waals surface area contributed by atoms with E-state index in [2.05, 4.69) is 10.1 Å². The van der Waals surface area contributed by atoms with Gasteiger partial charge in [0, 0.05) is 6.20 Å². The van der Waals surface area contributed by atoms with Gasteiger partial charge in [-0.2, -0.15) is 0 Å². The number of aldehydes is 1. The molecule has 0 aliphatic heterocycles. The van der Waals surface area contributed by atoms with E-state index in [0.717, 1.165) is 0 Å². The number of carboxylic acid groups (broad SMARTS) is 1. The minimum absolute atomic E-state index is 0.0636. The van der Waals surface area contributed by atoms with E-state index in [4.69, 9.17) is 16.7 Å². The second kappa shape index (κ2) is 5.36. The lowest BCUT2D eigenvalue weighted by atomic mass is 10.1. The number of aromatic hydroxyl groups is 1. The molecule has 0 saturated carbocycles. The molecule has 23 heavy (non-hydrogen) atoms. The molecular formula is C15H10ClN3O4. The molecule has 0 bridgehead atoms. The molecule has 0 unspecified atom stereocenters. The van der Waals surface area contributed by atoms with Crippen molar-refractivity contribution in [2.75, 3.05) is 0 Å². The van der Waals surface area contributed by atoms with Crippen molar-refractivity contribution in [3.8, 4) is 11.4 Å². The number of nitrogens with zero attached hydrogens (tertiary/aromatic N) is 3. The molecule has 116 valence electrons. The van der Waals surface area contributed by atoms with Crippen LogP contribution in [-0.4, -0.2) is 37.2 Å². The van der Waals surface area contributed by atoms with Crippen LogP contribution in [0.25, 0.3) is 16.7 Å². The first-order chi connectivity index (χ1) is 10.9. The first kappa shape index (κ1) is 15.0. The summed E-state index contributed by atoms with van der Waals surface area (Å²) in [6, 6.07) is 4.40. The lowest BCUT2D eigenvalue weighted by Gasteiger charge is -2.04. The van der Waals surface area contributed by atoms with Gasteiger partial charge in [-0.3, -0.25) is 4.79 Å². The Morgan fingerprint density at radius 1 is 1.39 bits per heavy atom. The number of benzene rings is 1. The standard InChI is InChI=1S/C15H10ClN3O4/c1-7-13(21)11(6-20)10-5-19(18-14(10)17-7)8-2-3-12(16)9(4-8)15(22)23/h2-6,21H,1H3,(H,22,23). The van der Waals surface area contributed by atoms with Crippen LogP contribution in [0.2, 0.25) is 5.02 Å². The largest absolute Gasteiger partial charge is 0.505 e. The Labute approximate surface area is 134 Å². The van der Waals surface area contributed by atoms with Crippen molar-refractivity contribution in [2.45, 2.75) is 6.92 Å². The third-order valence-electron chi connectivity index (χ3n) is 3.42. The van der Waals surface area contributed by atoms with Crippen LogP contribution in [-0.2, 0) is 0 Å². The second-order valence-electron chi connectivity index (χ2n) is 4.86. The van der Waals surface area contributed by atoms with Crippen molar-refractivity contribution < 1.29 is 19.8 Å². The fourth-order valence-corrected chi connectivity index (χ4v) is 2.44. The monoisotopic (exact) mass is 331 g/mol. The van der Waals surface area contributed by atoms with Crippen LogP contribution in [0.4, 0.5) is 0 Å². The van der Waals surface area contributed by atoms with E-state index in [9.17, 15) is 14.7 Å². The molecular weight excluding hydrogens is 322 g/mol. The van der Waals surface area contributed by atoms with Gasteiger partial charge >= 0.3 is 5.97 Å². The van der Waals surface area contributed by atoms with E-state index < -0.39 is 5.97 Å². The molecule has 0 aliphatic rings. The Balaban J connectivity index is 2.24. The van der Waals surface area contributed by atoms with Crippen LogP contribution in [0.5, 0.6) is 5.75 Å². The van der Waals surface area contributed by atoms with Crippen molar-refractivity contribution >= 4 is 34.9 Å². The molecule has 0 aliphatic carbocycles. The molecule has 2 aromatic heterocycles. The zero-order valence-electron chi connectivity index (χ0n) is 11.8. The molecule has 2 heterocycles. The highest BCUT2D eigenvalue weighted by Crippen LogP contribution is 2.28. The first-order valence-electron chi connectivity index (χ1n) is 6.49. The number of aromatic carboxylic acids is 1. The van der Waals surface area contributed by atoms with Crippen molar-refractivity contribution in [3.63, 3.8) is 0 Å². The Morgan fingerprint density at radius 3 is 2.78 bits per heavy atom. The number of rotatable bonds is 3. The third-order valence-corrected chi connectivity index (χ3v) is 3.75. The third kappa shape index (κ3) is 2.40. The van der Waals surface area contributed by atoms with E-state index in [1.165, 1.54) is 23.0 Å². The molecule has 2 N–H and O–H groups in total. The second-order valence-corrected chi connectivity index (χ2v) is 5.26. The molecule has 0 fully saturated rings. The number of fused-ring (bicyclic) bond motifs is 1. The molecule has 0 saturated heterocycles. The molecule has 0 spiro atoms. The molecule has 7 nitrogen and oxygen atoms in total. The summed E-state index contributed by atoms with van der Waals surface area (Å²) < 4.78 is 1.38. The smallest absolute Gasteiger partial charge is 0.337 e. The minimum Gasteiger partial charge on any atom is -0.505 e. The molecule has 0 amide bonds. The highest BCUT2D eigenvalue weighted by Gasteiger charge is 2.16. The lowest BCUT2D eigenvalue weighted by Crippen LogP contribution is -2.01. The summed E-state index contributed by atoms with van der Waals surface area (Å²) >= 11 is 5.84. The number of aromatic nitrogens is 3. The zero-order chi connectivity index (χ0) is 16.7. The van der Waals surface area contributed by atoms with E-state index in [-0.39, 0.29) is 33.2 Å². The molecule has 0 atom stereocenters. The fraction of sp³-hybridized carbons (Fsp3) is 0.0667. The summed E-state index contributed by atoms with van der Waals surface area (Å²) in [5, 5.41) is 23.7. The summed E-state index contributed by atoms with van der Waals surface area (Å²) in [5.41, 5.74) is 1.03. The van der Waals surface area contributed by atoms with Gasteiger partial charge in [-0.05, 0) is 25.1 Å². The maximum atomic E-state index is 11.2. The van der Waals surface area contributed by atoms with Crippen molar-refractivity contribution in [1.82, 2.24) is 14.8 Å². The number of halogens is 1. The maximum Gasteiger partial charge on any atom is 0.337 e. The van der Waals surface area contributed by atoms with Gasteiger partial charge in [0.1, 0.15) is 5.75 Å². The Kier molecular flexibility index (Phi) is 3.49. The summed E-state index contributed by atoms with van der Waals surface area (Å²) in [6.45, 7) is 1.56. The van der Waals surface area contributed by atoms with Crippen LogP contribution >= 0.6 is 11.6 Å². The number of pyridine rings is 1. The lowest BCUT2D eigenvalue weighted by molar-refractivity contribution is 0.0697. The normalized spacial score (nSPS) is 10.9. The number of carbonyl (C=O) groups excluding carboxylic acids is 1. The van der Waals surface area contributed by atoms with Crippen LogP contribution in [0.3, 0.4) is 0 Å². The van der Waals surface area contributed by atoms with E-state index in [1.54, 1.807) is 13.0 Å². The highest BCUT2D eigenvalue weighted by molar-refractivity contribution is 6.33. The van der Waals surface area contributed by atoms with Gasteiger partial charge in [-0.25, -0.2) is 14.5 Å². The number of hydrogen-bond donors (Lipinski definition) is 2. The van der Waals surface area contributed by atoms with Gasteiger partial charge in [-0.1, -0.05) is 11.6 Å². The summed E-state index contributed by atoms with van der Waals surface area (Å²) in [5.74, 6) is -1.36. The number of carboxylic acids is 1. The maximum absolute atomic E-state index is 11.2. The van der Waals surface area contributed by atoms with E-state index in [0.29, 0.717) is 17.4 Å². The van der Waals surface area contributed by atoms with Crippen molar-refractivity contribution in [1.29, 1.82) is 0 Å². The van der Waals surface area contributed by atoms with E-state index in [1.807, 2.05) is 0 Å². The SMILES string of the molecule is Cc1nc2nn(-c3ccc(Cl)c(C(=O)O)c3)cc2c(C=O)c1O. The fourth-order valence-electron chi connectivity index (χ4n) is 2.24. The number of aryl methyl sites for hydroxylation is 1. The number of hydrogen-bond acceptors (Lipinski definition) is 5. The predicted molar refractivity (Wildman–Crippen MR) is 82.6 cm³/mol. The van der Waals surface area contributed by atoms with Gasteiger partial charge in [0.2, 0.25) is 0 Å². The van der Waals surface area contributed by atoms with Crippen molar-refractivity contribution in [3.05, 3.63) is 46.2 Å². The average Bonchev–Trinajstić information content (AvgIpc) is 2.92. The predicted octanol–water partition coefficient (Wildman–Crippen LogP) is 2.60. The molecule has 3 aromatic rings. The zero-order valence-corrected chi connectivity index (χ0v) is 12.6. The van der Waals surface area contributed by atoms with Crippen LogP contribution in [0.1, 0.15) is 26.4 Å². The van der Waals surface area contributed by atoms with Crippen LogP contribution < -0.4 is 0 Å². The van der Waals surface area contributed by atoms with Crippen LogP contribution in [0.15, 0.2) is 24.4 Å². The molecule has 3 rings (SSSR count). The summed E-state index contributed by atoms with van der Waals surface area (Å²) in [4.78, 5) is 26.5. The van der Waals surface area contributed by atoms with Gasteiger partial charge < -0.3 is 10.2 Å². The topological polar surface area (TPSA) is 105 Å². The summed E-state index contributed by atoms with van der Waals surface area (Å²) in [6.07, 6.45) is 2.03. The van der Waals surface area contributed by atoms with Gasteiger partial charge in [0.15, 0.2) is 11.9 Å². The van der Waals surface area contributed by atoms with Gasteiger partial charge in [0.05, 0.1) is 32.9 Å². The minimum atomic E-state index is -1.16. The van der Waals surface area contributed by atoms with Crippen molar-refractivity contribution in [2.24, 2.45) is 0 Å². The number of carbonyl (C=O) groups is 2. The van der Waals surface area contributed by atoms with Gasteiger partial charge in [0.25, 0.3) is 0 Å². The quantitative estimate of drug-likeness (QED) is 0.715.